The van der Waals surface area contributed by atoms with Crippen molar-refractivity contribution in [2.24, 2.45) is 5.92 Å². The van der Waals surface area contributed by atoms with Crippen molar-refractivity contribution in [2.45, 2.75) is 57.4 Å². The second kappa shape index (κ2) is 8.59. The Kier molecular flexibility index (Phi) is 6.03. The van der Waals surface area contributed by atoms with E-state index in [0.29, 0.717) is 25.1 Å². The fraction of sp³-hybridized carbons (Fsp3) is 0.478. The van der Waals surface area contributed by atoms with Crippen molar-refractivity contribution in [2.75, 3.05) is 13.1 Å². The summed E-state index contributed by atoms with van der Waals surface area (Å²) in [5.41, 5.74) is 3.52. The number of aromatic nitrogens is 1. The SMILES string of the molecule is Cc1ccc(C)c(C=Cc2onc(C)c2S(=O)(=O)N2CCCC(C(=O)NC3CC3)C2)c1. The molecule has 2 heterocycles. The Balaban J connectivity index is 1.58. The first-order chi connectivity index (χ1) is 14.8. The third-order valence-electron chi connectivity index (χ3n) is 5.96. The largest absolute Gasteiger partial charge is 0.355 e. The maximum absolute atomic E-state index is 13.5. The van der Waals surface area contributed by atoms with Gasteiger partial charge in [0.25, 0.3) is 0 Å². The van der Waals surface area contributed by atoms with Gasteiger partial charge in [0.05, 0.1) is 5.92 Å². The van der Waals surface area contributed by atoms with Crippen molar-refractivity contribution in [1.82, 2.24) is 14.8 Å². The van der Waals surface area contributed by atoms with Gasteiger partial charge in [0.15, 0.2) is 10.7 Å². The van der Waals surface area contributed by atoms with Crippen molar-refractivity contribution < 1.29 is 17.7 Å². The number of nitrogens with zero attached hydrogens (tertiary/aromatic N) is 2. The average Bonchev–Trinajstić information content (AvgIpc) is 3.48. The molecule has 1 N–H and O–H groups in total. The van der Waals surface area contributed by atoms with E-state index in [1.54, 1.807) is 13.0 Å². The van der Waals surface area contributed by atoms with Gasteiger partial charge >= 0.3 is 0 Å². The number of nitrogens with one attached hydrogen (secondary N) is 1. The topological polar surface area (TPSA) is 92.5 Å². The van der Waals surface area contributed by atoms with Crippen LogP contribution in [0.2, 0.25) is 0 Å². The van der Waals surface area contributed by atoms with Gasteiger partial charge in [0.2, 0.25) is 15.9 Å². The summed E-state index contributed by atoms with van der Waals surface area (Å²) in [6.45, 7) is 6.22. The minimum atomic E-state index is -3.84. The molecule has 1 amide bonds. The molecule has 2 aromatic rings. The molecule has 1 aliphatic carbocycles. The van der Waals surface area contributed by atoms with E-state index in [9.17, 15) is 13.2 Å². The highest BCUT2D eigenvalue weighted by Crippen LogP contribution is 2.30. The molecule has 8 heteroatoms. The first-order valence-corrected chi connectivity index (χ1v) is 12.2. The minimum absolute atomic E-state index is 0.0421. The normalized spacial score (nSPS) is 20.3. The first-order valence-electron chi connectivity index (χ1n) is 10.8. The molecule has 1 saturated carbocycles. The van der Waals surface area contributed by atoms with Gasteiger partial charge in [-0.1, -0.05) is 35.0 Å². The molecule has 1 unspecified atom stereocenters. The predicted octanol–water partition coefficient (Wildman–Crippen LogP) is 3.45. The van der Waals surface area contributed by atoms with Crippen LogP contribution in [0.4, 0.5) is 0 Å². The Morgan fingerprint density at radius 1 is 1.19 bits per heavy atom. The Morgan fingerprint density at radius 3 is 2.71 bits per heavy atom. The lowest BCUT2D eigenvalue weighted by Crippen LogP contribution is -2.46. The minimum Gasteiger partial charge on any atom is -0.355 e. The van der Waals surface area contributed by atoms with E-state index in [-0.39, 0.29) is 35.1 Å². The zero-order valence-corrected chi connectivity index (χ0v) is 19.0. The summed E-state index contributed by atoms with van der Waals surface area (Å²) in [6, 6.07) is 6.37. The summed E-state index contributed by atoms with van der Waals surface area (Å²) in [5.74, 6) is -0.152. The number of carbonyl (C=O) groups excluding carboxylic acids is 1. The number of piperidine rings is 1. The number of hydrogen-bond acceptors (Lipinski definition) is 5. The van der Waals surface area contributed by atoms with E-state index in [1.807, 2.05) is 38.1 Å². The van der Waals surface area contributed by atoms with Crippen LogP contribution in [0.25, 0.3) is 12.2 Å². The number of hydrogen-bond donors (Lipinski definition) is 1. The highest BCUT2D eigenvalue weighted by Gasteiger charge is 2.37. The van der Waals surface area contributed by atoms with E-state index in [2.05, 4.69) is 10.5 Å². The molecule has 1 aliphatic heterocycles. The van der Waals surface area contributed by atoms with Crippen molar-refractivity contribution in [3.63, 3.8) is 0 Å². The van der Waals surface area contributed by atoms with Gasteiger partial charge in [-0.05, 0) is 63.7 Å². The van der Waals surface area contributed by atoms with Gasteiger partial charge < -0.3 is 9.84 Å². The number of benzene rings is 1. The van der Waals surface area contributed by atoms with Crippen LogP contribution in [0.5, 0.6) is 0 Å². The van der Waals surface area contributed by atoms with Crippen LogP contribution in [0.15, 0.2) is 27.6 Å². The van der Waals surface area contributed by atoms with Crippen LogP contribution in [-0.4, -0.2) is 42.9 Å². The van der Waals surface area contributed by atoms with Crippen LogP contribution in [0.3, 0.4) is 0 Å². The van der Waals surface area contributed by atoms with Crippen molar-refractivity contribution in [3.05, 3.63) is 46.3 Å². The molecule has 0 bridgehead atoms. The maximum atomic E-state index is 13.5. The molecule has 31 heavy (non-hydrogen) atoms. The van der Waals surface area contributed by atoms with Gasteiger partial charge in [-0.25, -0.2) is 8.42 Å². The quantitative estimate of drug-likeness (QED) is 0.738. The predicted molar refractivity (Wildman–Crippen MR) is 119 cm³/mol. The number of aryl methyl sites for hydroxylation is 3. The van der Waals surface area contributed by atoms with Crippen molar-refractivity contribution >= 4 is 28.1 Å². The highest BCUT2D eigenvalue weighted by atomic mass is 32.2. The molecule has 1 aromatic carbocycles. The molecule has 1 aromatic heterocycles. The molecule has 4 rings (SSSR count). The van der Waals surface area contributed by atoms with Gasteiger partial charge in [-0.3, -0.25) is 4.79 Å². The number of carbonyl (C=O) groups is 1. The molecule has 1 atom stereocenters. The first kappa shape index (κ1) is 21.8. The van der Waals surface area contributed by atoms with E-state index in [0.717, 1.165) is 29.5 Å². The number of rotatable bonds is 6. The fourth-order valence-electron chi connectivity index (χ4n) is 3.95. The summed E-state index contributed by atoms with van der Waals surface area (Å²) in [6.07, 6.45) is 6.89. The lowest BCUT2D eigenvalue weighted by atomic mass is 9.99. The Hall–Kier alpha value is -2.45. The van der Waals surface area contributed by atoms with Gasteiger partial charge in [0, 0.05) is 19.1 Å². The van der Waals surface area contributed by atoms with Crippen LogP contribution in [-0.2, 0) is 14.8 Å². The second-order valence-electron chi connectivity index (χ2n) is 8.64. The lowest BCUT2D eigenvalue weighted by molar-refractivity contribution is -0.126. The summed E-state index contributed by atoms with van der Waals surface area (Å²) >= 11 is 0. The van der Waals surface area contributed by atoms with Crippen LogP contribution in [0.1, 0.15) is 53.8 Å². The standard InChI is InChI=1S/C23H29N3O4S/c1-15-6-7-16(2)18(13-15)8-11-21-22(17(3)25-30-21)31(28,29)26-12-4-5-19(14-26)23(27)24-20-9-10-20/h6-8,11,13,19-20H,4-5,9-10,12,14H2,1-3H3,(H,24,27). The van der Waals surface area contributed by atoms with E-state index in [4.69, 9.17) is 4.52 Å². The van der Waals surface area contributed by atoms with Gasteiger partial charge in [-0.2, -0.15) is 4.31 Å². The summed E-state index contributed by atoms with van der Waals surface area (Å²) in [4.78, 5) is 12.6. The fourth-order valence-corrected chi connectivity index (χ4v) is 5.73. The second-order valence-corrected chi connectivity index (χ2v) is 10.5. The molecule has 1 saturated heterocycles. The van der Waals surface area contributed by atoms with Crippen LogP contribution < -0.4 is 5.32 Å². The smallest absolute Gasteiger partial charge is 0.248 e. The molecule has 166 valence electrons. The molecule has 2 aliphatic rings. The zero-order chi connectivity index (χ0) is 22.2. The molecular formula is C23H29N3O4S. The Morgan fingerprint density at radius 2 is 1.97 bits per heavy atom. The maximum Gasteiger partial charge on any atom is 0.248 e. The number of sulfonamides is 1. The molecule has 2 fully saturated rings. The van der Waals surface area contributed by atoms with Crippen LogP contribution in [0, 0.1) is 26.7 Å². The number of amides is 1. The monoisotopic (exact) mass is 443 g/mol. The van der Waals surface area contributed by atoms with E-state index >= 15 is 0 Å². The summed E-state index contributed by atoms with van der Waals surface area (Å²) in [5, 5.41) is 6.92. The van der Waals surface area contributed by atoms with Crippen molar-refractivity contribution in [3.8, 4) is 0 Å². The molecule has 0 spiro atoms. The highest BCUT2D eigenvalue weighted by molar-refractivity contribution is 7.89. The Bertz CT molecular complexity index is 1120. The van der Waals surface area contributed by atoms with E-state index in [1.165, 1.54) is 4.31 Å². The van der Waals surface area contributed by atoms with E-state index < -0.39 is 10.0 Å². The Labute approximate surface area is 183 Å². The molecular weight excluding hydrogens is 414 g/mol. The van der Waals surface area contributed by atoms with Gasteiger partial charge in [-0.15, -0.1) is 0 Å². The third-order valence-corrected chi connectivity index (χ3v) is 7.98. The summed E-state index contributed by atoms with van der Waals surface area (Å²) in [7, 11) is -3.84. The molecule has 0 radical (unpaired) electrons. The van der Waals surface area contributed by atoms with Gasteiger partial charge in [0.1, 0.15) is 5.69 Å². The summed E-state index contributed by atoms with van der Waals surface area (Å²) < 4.78 is 33.8. The zero-order valence-electron chi connectivity index (χ0n) is 18.2. The molecule has 7 nitrogen and oxygen atoms in total. The average molecular weight is 444 g/mol. The van der Waals surface area contributed by atoms with Crippen molar-refractivity contribution in [1.29, 1.82) is 0 Å². The van der Waals surface area contributed by atoms with Crippen LogP contribution >= 0.6 is 0 Å². The third kappa shape index (κ3) is 4.75. The lowest BCUT2D eigenvalue weighted by Gasteiger charge is -2.31.